The molecule has 0 fully saturated rings. The van der Waals surface area contributed by atoms with E-state index in [4.69, 9.17) is 0 Å². The van der Waals surface area contributed by atoms with Crippen molar-refractivity contribution in [2.75, 3.05) is 0 Å². The van der Waals surface area contributed by atoms with Crippen molar-refractivity contribution in [3.05, 3.63) is 200 Å². The van der Waals surface area contributed by atoms with E-state index in [2.05, 4.69) is 199 Å². The smallest absolute Gasteiger partial charge is 0.0998 e. The van der Waals surface area contributed by atoms with Crippen LogP contribution in [-0.4, -0.2) is 4.57 Å². The lowest BCUT2D eigenvalue weighted by molar-refractivity contribution is 1.18. The van der Waals surface area contributed by atoms with Gasteiger partial charge in [-0.05, 0) is 133 Å². The normalized spacial score (nSPS) is 12.1. The Morgan fingerprint density at radius 2 is 0.825 bits per heavy atom. The van der Waals surface area contributed by atoms with Gasteiger partial charge in [0.05, 0.1) is 22.7 Å². The first-order valence-electron chi connectivity index (χ1n) is 21.3. The molecule has 14 aromatic rings. The summed E-state index contributed by atoms with van der Waals surface area (Å²) < 4.78 is 7.58. The van der Waals surface area contributed by atoms with E-state index < -0.39 is 0 Å². The zero-order valence-corrected chi connectivity index (χ0v) is 35.3. The summed E-state index contributed by atoms with van der Waals surface area (Å²) in [6.07, 6.45) is 0. The quantitative estimate of drug-likeness (QED) is 0.128. The summed E-state index contributed by atoms with van der Waals surface area (Å²) in [6, 6.07) is 74.0. The van der Waals surface area contributed by atoms with Gasteiger partial charge in [0.2, 0.25) is 0 Å². The van der Waals surface area contributed by atoms with Crippen LogP contribution in [0, 0.1) is 11.3 Å². The van der Waals surface area contributed by atoms with Gasteiger partial charge in [0.1, 0.15) is 0 Å². The first kappa shape index (κ1) is 34.9. The van der Waals surface area contributed by atoms with Crippen molar-refractivity contribution >= 4 is 117 Å². The van der Waals surface area contributed by atoms with Crippen molar-refractivity contribution in [2.24, 2.45) is 0 Å². The fourth-order valence-electron chi connectivity index (χ4n) is 10.7. The van der Waals surface area contributed by atoms with Gasteiger partial charge in [-0.3, -0.25) is 0 Å². The fourth-order valence-corrected chi connectivity index (χ4v) is 12.9. The highest BCUT2D eigenvalue weighted by Crippen LogP contribution is 2.49. The number of hydrogen-bond acceptors (Lipinski definition) is 3. The molecule has 0 saturated heterocycles. The molecule has 4 heteroatoms. The third-order valence-corrected chi connectivity index (χ3v) is 15.7. The largest absolute Gasteiger partial charge is 0.309 e. The zero-order chi connectivity index (χ0) is 41.3. The van der Waals surface area contributed by atoms with Gasteiger partial charge in [0, 0.05) is 62.2 Å². The Morgan fingerprint density at radius 3 is 1.48 bits per heavy atom. The molecule has 0 amide bonds. The van der Waals surface area contributed by atoms with E-state index in [1.165, 1.54) is 100 Å². The number of nitrogens with zero attached hydrogens (tertiary/aromatic N) is 2. The van der Waals surface area contributed by atoms with Crippen molar-refractivity contribution in [1.29, 1.82) is 5.26 Å². The number of para-hydroxylation sites is 1. The van der Waals surface area contributed by atoms with Gasteiger partial charge in [-0.2, -0.15) is 5.26 Å². The van der Waals surface area contributed by atoms with Crippen LogP contribution in [0.1, 0.15) is 5.56 Å². The van der Waals surface area contributed by atoms with Gasteiger partial charge in [-0.1, -0.05) is 121 Å². The van der Waals surface area contributed by atoms with Crippen LogP contribution >= 0.6 is 22.7 Å². The van der Waals surface area contributed by atoms with Crippen molar-refractivity contribution in [2.45, 2.75) is 0 Å². The summed E-state index contributed by atoms with van der Waals surface area (Å²) in [6.45, 7) is 0. The maximum atomic E-state index is 10.3. The predicted molar refractivity (Wildman–Crippen MR) is 271 cm³/mol. The molecule has 0 radical (unpaired) electrons. The number of fused-ring (bicyclic) bond motifs is 8. The van der Waals surface area contributed by atoms with Gasteiger partial charge < -0.3 is 4.57 Å². The van der Waals surface area contributed by atoms with Crippen molar-refractivity contribution < 1.29 is 0 Å². The van der Waals surface area contributed by atoms with E-state index in [0.29, 0.717) is 5.56 Å². The number of thiophene rings is 2. The lowest BCUT2D eigenvalue weighted by Crippen LogP contribution is -1.93. The van der Waals surface area contributed by atoms with Crippen LogP contribution in [0.4, 0.5) is 0 Å². The molecule has 290 valence electrons. The Hall–Kier alpha value is -7.81. The molecule has 3 aromatic heterocycles. The topological polar surface area (TPSA) is 28.7 Å². The molecule has 0 spiro atoms. The molecule has 0 saturated carbocycles. The third-order valence-electron chi connectivity index (χ3n) is 13.4. The van der Waals surface area contributed by atoms with Crippen LogP contribution in [0.2, 0.25) is 0 Å². The maximum Gasteiger partial charge on any atom is 0.0998 e. The van der Waals surface area contributed by atoms with E-state index in [-0.39, 0.29) is 0 Å². The van der Waals surface area contributed by atoms with Crippen molar-refractivity contribution in [3.63, 3.8) is 0 Å². The van der Waals surface area contributed by atoms with E-state index in [9.17, 15) is 5.26 Å². The molecule has 3 heterocycles. The van der Waals surface area contributed by atoms with Crippen LogP contribution in [0.5, 0.6) is 0 Å². The first-order valence-corrected chi connectivity index (χ1v) is 22.9. The summed E-state index contributed by atoms with van der Waals surface area (Å²) in [5.41, 5.74) is 11.3. The van der Waals surface area contributed by atoms with Gasteiger partial charge in [-0.15, -0.1) is 22.7 Å². The second kappa shape index (κ2) is 13.1. The molecule has 0 N–H and O–H groups in total. The molecule has 2 nitrogen and oxygen atoms in total. The van der Waals surface area contributed by atoms with Gasteiger partial charge in [0.15, 0.2) is 0 Å². The molecule has 0 atom stereocenters. The molecule has 0 unspecified atom stereocenters. The standard InChI is InChI=1S/C59H32N2S2/c60-33-37-19-26-50-58-40(37)23-24-45-39(25-27-51(59(45)58)61(50)38-10-2-1-3-11-38)34-18-22-46-49(30-34)57(36-21-29-55-48(32-36)42-13-7-9-17-53(42)63-55)44-15-5-4-14-43(44)56(46)35-20-28-54-47(31-35)41-12-6-8-16-52(41)62-54/h1-32H. The van der Waals surface area contributed by atoms with E-state index in [1.807, 2.05) is 28.7 Å². The summed E-state index contributed by atoms with van der Waals surface area (Å²) in [4.78, 5) is 0. The first-order chi connectivity index (χ1) is 31.2. The molecular formula is C59H32N2S2. The van der Waals surface area contributed by atoms with Crippen molar-refractivity contribution in [3.8, 4) is 45.1 Å². The molecule has 0 aliphatic heterocycles. The number of hydrogen-bond donors (Lipinski definition) is 0. The molecule has 63 heavy (non-hydrogen) atoms. The molecule has 14 rings (SSSR count). The second-order valence-corrected chi connectivity index (χ2v) is 18.8. The Morgan fingerprint density at radius 1 is 0.349 bits per heavy atom. The summed E-state index contributed by atoms with van der Waals surface area (Å²) in [7, 11) is 0. The average Bonchev–Trinajstić information content (AvgIpc) is 4.02. The highest BCUT2D eigenvalue weighted by atomic mass is 32.1. The number of benzene rings is 11. The minimum absolute atomic E-state index is 0.695. The van der Waals surface area contributed by atoms with Gasteiger partial charge >= 0.3 is 0 Å². The molecule has 0 aliphatic rings. The van der Waals surface area contributed by atoms with Crippen LogP contribution in [0.3, 0.4) is 0 Å². The minimum atomic E-state index is 0.695. The Kier molecular flexibility index (Phi) is 7.25. The van der Waals surface area contributed by atoms with Crippen LogP contribution in [-0.2, 0) is 0 Å². The summed E-state index contributed by atoms with van der Waals surface area (Å²) in [5, 5.41) is 24.9. The number of aromatic nitrogens is 1. The molecule has 0 aliphatic carbocycles. The third kappa shape index (κ3) is 4.92. The zero-order valence-electron chi connectivity index (χ0n) is 33.7. The van der Waals surface area contributed by atoms with Crippen LogP contribution in [0.25, 0.3) is 134 Å². The highest BCUT2D eigenvalue weighted by molar-refractivity contribution is 7.26. The molecule has 11 aromatic carbocycles. The summed E-state index contributed by atoms with van der Waals surface area (Å²) >= 11 is 3.73. The maximum absolute atomic E-state index is 10.3. The Bertz CT molecular complexity index is 4270. The lowest BCUT2D eigenvalue weighted by atomic mass is 9.84. The number of nitriles is 1. The molecule has 0 bridgehead atoms. The van der Waals surface area contributed by atoms with E-state index >= 15 is 0 Å². The monoisotopic (exact) mass is 832 g/mol. The Balaban J connectivity index is 1.09. The van der Waals surface area contributed by atoms with Gasteiger partial charge in [0.25, 0.3) is 0 Å². The Labute approximate surface area is 369 Å². The van der Waals surface area contributed by atoms with Crippen LogP contribution in [0.15, 0.2) is 194 Å². The predicted octanol–water partition coefficient (Wildman–Crippen LogP) is 17.3. The minimum Gasteiger partial charge on any atom is -0.309 e. The van der Waals surface area contributed by atoms with Gasteiger partial charge in [-0.25, -0.2) is 0 Å². The van der Waals surface area contributed by atoms with E-state index in [1.54, 1.807) is 0 Å². The SMILES string of the molecule is N#Cc1ccc2c3c1ccc1c(-c4ccc5c(-c6ccc7sc8ccccc8c7c6)c6ccccc6c(-c6ccc7sc8ccccc8c7c6)c5c4)ccc(c13)n2-c1ccccc1. The average molecular weight is 833 g/mol. The van der Waals surface area contributed by atoms with E-state index in [0.717, 1.165) is 33.1 Å². The lowest BCUT2D eigenvalue weighted by Gasteiger charge is -2.19. The molecular weight excluding hydrogens is 801 g/mol. The number of rotatable bonds is 4. The fraction of sp³-hybridized carbons (Fsp3) is 0. The second-order valence-electron chi connectivity index (χ2n) is 16.6. The summed E-state index contributed by atoms with van der Waals surface area (Å²) in [5.74, 6) is 0. The van der Waals surface area contributed by atoms with Crippen molar-refractivity contribution in [1.82, 2.24) is 4.57 Å². The van der Waals surface area contributed by atoms with Crippen LogP contribution < -0.4 is 0 Å². The highest BCUT2D eigenvalue weighted by Gasteiger charge is 2.23.